The molecule has 5 heteroatoms. The minimum Gasteiger partial charge on any atom is -0.296 e. The first-order chi connectivity index (χ1) is 8.02. The second-order valence-corrected chi connectivity index (χ2v) is 6.03. The maximum absolute atomic E-state index is 12.9. The standard InChI is InChI=1S/C12H14F3NS/c13-12(14,15)11(5-6-11)16-10(8-3-4-8)9-2-1-7-17-9/h1-2,7-8,10,16H,3-6H2. The summed E-state index contributed by atoms with van der Waals surface area (Å²) in [5.74, 6) is 0.397. The molecule has 1 unspecified atom stereocenters. The monoisotopic (exact) mass is 261 g/mol. The van der Waals surface area contributed by atoms with Gasteiger partial charge in [0.25, 0.3) is 0 Å². The molecule has 2 saturated carbocycles. The molecule has 1 atom stereocenters. The molecule has 1 aromatic rings. The van der Waals surface area contributed by atoms with E-state index in [0.29, 0.717) is 5.92 Å². The topological polar surface area (TPSA) is 12.0 Å². The molecule has 1 aromatic heterocycles. The number of rotatable bonds is 4. The highest BCUT2D eigenvalue weighted by atomic mass is 32.1. The lowest BCUT2D eigenvalue weighted by Crippen LogP contribution is -2.46. The Hall–Kier alpha value is -0.550. The summed E-state index contributed by atoms with van der Waals surface area (Å²) in [5.41, 5.74) is -1.59. The fourth-order valence-corrected chi connectivity index (χ4v) is 3.12. The largest absolute Gasteiger partial charge is 0.406 e. The van der Waals surface area contributed by atoms with Crippen LogP contribution in [0, 0.1) is 5.92 Å². The Morgan fingerprint density at radius 1 is 1.35 bits per heavy atom. The Morgan fingerprint density at radius 2 is 2.06 bits per heavy atom. The molecule has 0 spiro atoms. The lowest BCUT2D eigenvalue weighted by Gasteiger charge is -2.27. The third-order valence-electron chi connectivity index (χ3n) is 3.67. The van der Waals surface area contributed by atoms with E-state index >= 15 is 0 Å². The van der Waals surface area contributed by atoms with Gasteiger partial charge >= 0.3 is 6.18 Å². The molecule has 0 aliphatic heterocycles. The zero-order chi connectivity index (χ0) is 12.1. The number of halogens is 3. The molecule has 94 valence electrons. The summed E-state index contributed by atoms with van der Waals surface area (Å²) >= 11 is 1.55. The summed E-state index contributed by atoms with van der Waals surface area (Å²) < 4.78 is 38.8. The molecule has 2 aliphatic carbocycles. The zero-order valence-corrected chi connectivity index (χ0v) is 10.1. The predicted octanol–water partition coefficient (Wildman–Crippen LogP) is 3.88. The second kappa shape index (κ2) is 3.72. The van der Waals surface area contributed by atoms with Gasteiger partial charge in [0.05, 0.1) is 0 Å². The van der Waals surface area contributed by atoms with Gasteiger partial charge < -0.3 is 0 Å². The Kier molecular flexibility index (Phi) is 2.52. The fraction of sp³-hybridized carbons (Fsp3) is 0.667. The maximum atomic E-state index is 12.9. The van der Waals surface area contributed by atoms with Crippen LogP contribution in [0.15, 0.2) is 17.5 Å². The predicted molar refractivity (Wildman–Crippen MR) is 60.9 cm³/mol. The minimum atomic E-state index is -4.11. The molecule has 0 saturated heterocycles. The van der Waals surface area contributed by atoms with Gasteiger partial charge in [-0.3, -0.25) is 5.32 Å². The van der Waals surface area contributed by atoms with Gasteiger partial charge in [-0.2, -0.15) is 13.2 Å². The minimum absolute atomic E-state index is 0.0980. The maximum Gasteiger partial charge on any atom is 0.406 e. The lowest BCUT2D eigenvalue weighted by molar-refractivity contribution is -0.168. The van der Waals surface area contributed by atoms with Gasteiger partial charge in [-0.1, -0.05) is 6.07 Å². The second-order valence-electron chi connectivity index (χ2n) is 5.05. The molecule has 0 bridgehead atoms. The number of alkyl halides is 3. The molecule has 1 nitrogen and oxygen atoms in total. The van der Waals surface area contributed by atoms with Crippen LogP contribution in [0.2, 0.25) is 0 Å². The van der Waals surface area contributed by atoms with E-state index in [4.69, 9.17) is 0 Å². The molecule has 1 N–H and O–H groups in total. The van der Waals surface area contributed by atoms with Crippen molar-refractivity contribution in [3.8, 4) is 0 Å². The molecule has 0 radical (unpaired) electrons. The number of hydrogen-bond donors (Lipinski definition) is 1. The number of thiophene rings is 1. The van der Waals surface area contributed by atoms with Gasteiger partial charge in [-0.05, 0) is 43.0 Å². The first-order valence-electron chi connectivity index (χ1n) is 5.90. The number of nitrogens with one attached hydrogen (secondary N) is 1. The van der Waals surface area contributed by atoms with Crippen molar-refractivity contribution in [1.82, 2.24) is 5.32 Å². The first-order valence-corrected chi connectivity index (χ1v) is 6.78. The normalized spacial score (nSPS) is 24.6. The van der Waals surface area contributed by atoms with Gasteiger partial charge in [0.1, 0.15) is 5.54 Å². The fourth-order valence-electron chi connectivity index (χ4n) is 2.25. The number of hydrogen-bond acceptors (Lipinski definition) is 2. The van der Waals surface area contributed by atoms with Crippen LogP contribution in [-0.4, -0.2) is 11.7 Å². The summed E-state index contributed by atoms with van der Waals surface area (Å²) in [6.45, 7) is 0. The van der Waals surface area contributed by atoms with Crippen molar-refractivity contribution in [3.05, 3.63) is 22.4 Å². The Bertz CT molecular complexity index is 390. The molecular weight excluding hydrogens is 247 g/mol. The van der Waals surface area contributed by atoms with Crippen molar-refractivity contribution in [1.29, 1.82) is 0 Å². The van der Waals surface area contributed by atoms with E-state index in [1.54, 1.807) is 11.3 Å². The lowest BCUT2D eigenvalue weighted by atomic mass is 10.1. The van der Waals surface area contributed by atoms with Crippen molar-refractivity contribution < 1.29 is 13.2 Å². The van der Waals surface area contributed by atoms with Crippen molar-refractivity contribution in [3.63, 3.8) is 0 Å². The zero-order valence-electron chi connectivity index (χ0n) is 9.26. The average Bonchev–Trinajstić information content (AvgIpc) is 3.14. The van der Waals surface area contributed by atoms with E-state index in [-0.39, 0.29) is 18.9 Å². The Labute approximate surface area is 102 Å². The molecule has 0 aromatic carbocycles. The molecule has 3 rings (SSSR count). The smallest absolute Gasteiger partial charge is 0.296 e. The summed E-state index contributed by atoms with van der Waals surface area (Å²) in [6, 6.07) is 3.75. The van der Waals surface area contributed by atoms with E-state index in [1.165, 1.54) is 0 Å². The summed E-state index contributed by atoms with van der Waals surface area (Å²) in [5, 5.41) is 4.82. The van der Waals surface area contributed by atoms with Crippen LogP contribution in [0.3, 0.4) is 0 Å². The van der Waals surface area contributed by atoms with Crippen LogP contribution in [-0.2, 0) is 0 Å². The van der Waals surface area contributed by atoms with E-state index < -0.39 is 11.7 Å². The van der Waals surface area contributed by atoms with Crippen LogP contribution < -0.4 is 5.32 Å². The van der Waals surface area contributed by atoms with Crippen LogP contribution >= 0.6 is 11.3 Å². The summed E-state index contributed by atoms with van der Waals surface area (Å²) in [6.07, 6.45) is -1.57. The quantitative estimate of drug-likeness (QED) is 0.867. The van der Waals surface area contributed by atoms with Gasteiger partial charge in [0.15, 0.2) is 0 Å². The molecule has 2 aliphatic rings. The van der Waals surface area contributed by atoms with Gasteiger partial charge in [0.2, 0.25) is 0 Å². The molecule has 2 fully saturated rings. The van der Waals surface area contributed by atoms with Crippen LogP contribution in [0.25, 0.3) is 0 Å². The third-order valence-corrected chi connectivity index (χ3v) is 4.62. The van der Waals surface area contributed by atoms with Crippen molar-refractivity contribution in [2.45, 2.75) is 43.4 Å². The highest BCUT2D eigenvalue weighted by Gasteiger charge is 2.64. The SMILES string of the molecule is FC(F)(F)C1(NC(c2cccs2)C2CC2)CC1. The molecule has 0 amide bonds. The van der Waals surface area contributed by atoms with Gasteiger partial charge in [0, 0.05) is 10.9 Å². The van der Waals surface area contributed by atoms with Crippen molar-refractivity contribution in [2.24, 2.45) is 5.92 Å². The Morgan fingerprint density at radius 3 is 2.47 bits per heavy atom. The van der Waals surface area contributed by atoms with E-state index in [1.807, 2.05) is 17.5 Å². The molecule has 17 heavy (non-hydrogen) atoms. The highest BCUT2D eigenvalue weighted by Crippen LogP contribution is 2.53. The van der Waals surface area contributed by atoms with Crippen LogP contribution in [0.5, 0.6) is 0 Å². The van der Waals surface area contributed by atoms with E-state index in [2.05, 4.69) is 5.32 Å². The summed E-state index contributed by atoms with van der Waals surface area (Å²) in [4.78, 5) is 1.04. The molecular formula is C12H14F3NS. The van der Waals surface area contributed by atoms with Crippen molar-refractivity contribution >= 4 is 11.3 Å². The van der Waals surface area contributed by atoms with E-state index in [0.717, 1.165) is 17.7 Å². The Balaban J connectivity index is 1.78. The van der Waals surface area contributed by atoms with Gasteiger partial charge in [-0.15, -0.1) is 11.3 Å². The van der Waals surface area contributed by atoms with Crippen molar-refractivity contribution in [2.75, 3.05) is 0 Å². The average molecular weight is 261 g/mol. The van der Waals surface area contributed by atoms with Crippen LogP contribution in [0.4, 0.5) is 13.2 Å². The van der Waals surface area contributed by atoms with Crippen LogP contribution in [0.1, 0.15) is 36.6 Å². The first kappa shape index (κ1) is 11.5. The highest BCUT2D eigenvalue weighted by molar-refractivity contribution is 7.10. The third kappa shape index (κ3) is 2.10. The summed E-state index contributed by atoms with van der Waals surface area (Å²) in [7, 11) is 0. The molecule has 1 heterocycles. The van der Waals surface area contributed by atoms with Gasteiger partial charge in [-0.25, -0.2) is 0 Å². The van der Waals surface area contributed by atoms with E-state index in [9.17, 15) is 13.2 Å².